The molecule has 0 N–H and O–H groups in total. The average molecular weight is 170 g/mol. The van der Waals surface area contributed by atoms with Gasteiger partial charge in [0.2, 0.25) is 0 Å². The molecule has 0 heterocycles. The van der Waals surface area contributed by atoms with E-state index in [0.29, 0.717) is 0 Å². The minimum absolute atomic E-state index is 0.471. The monoisotopic (exact) mass is 170 g/mol. The second-order valence-corrected chi connectivity index (χ2v) is 5.72. The molecule has 11 heavy (non-hydrogen) atoms. The van der Waals surface area contributed by atoms with Crippen molar-refractivity contribution in [2.45, 2.75) is 25.9 Å². The molecule has 64 valence electrons. The summed E-state index contributed by atoms with van der Waals surface area (Å²) in [7, 11) is -0.471. The molecule has 0 aliphatic heterocycles. The van der Waals surface area contributed by atoms with E-state index >= 15 is 0 Å². The average Bonchev–Trinajstić information content (AvgIpc) is 1.96. The van der Waals surface area contributed by atoms with Crippen molar-refractivity contribution in [3.63, 3.8) is 0 Å². The van der Waals surface area contributed by atoms with Crippen LogP contribution in [-0.2, 0) is 4.74 Å². The highest BCUT2D eigenvalue weighted by Crippen LogP contribution is 1.93. The van der Waals surface area contributed by atoms with E-state index in [9.17, 15) is 0 Å². The molecule has 0 unspecified atom stereocenters. The van der Waals surface area contributed by atoms with Crippen molar-refractivity contribution in [2.75, 3.05) is 6.61 Å². The zero-order valence-electron chi connectivity index (χ0n) is 7.55. The maximum Gasteiger partial charge on any atom is 0.0875 e. The second kappa shape index (κ2) is 7.60. The fourth-order valence-corrected chi connectivity index (χ4v) is 1.47. The van der Waals surface area contributed by atoms with E-state index in [-0.39, 0.29) is 0 Å². The van der Waals surface area contributed by atoms with Gasteiger partial charge in [0.15, 0.2) is 0 Å². The minimum Gasteiger partial charge on any atom is -0.502 e. The van der Waals surface area contributed by atoms with Gasteiger partial charge in [0.05, 0.1) is 21.7 Å². The Kier molecular flexibility index (Phi) is 7.25. The van der Waals surface area contributed by atoms with Crippen LogP contribution in [0.3, 0.4) is 0 Å². The smallest absolute Gasteiger partial charge is 0.0875 e. The Morgan fingerprint density at radius 2 is 2.18 bits per heavy atom. The van der Waals surface area contributed by atoms with E-state index in [0.717, 1.165) is 19.4 Å². The minimum atomic E-state index is -0.471. The van der Waals surface area contributed by atoms with Crippen molar-refractivity contribution >= 4 is 8.80 Å². The highest BCUT2D eigenvalue weighted by molar-refractivity contribution is 6.61. The van der Waals surface area contributed by atoms with Crippen molar-refractivity contribution in [1.29, 1.82) is 0 Å². The maximum atomic E-state index is 4.98. The molecule has 0 spiro atoms. The first-order valence-electron chi connectivity index (χ1n) is 4.16. The van der Waals surface area contributed by atoms with Crippen molar-refractivity contribution in [2.24, 2.45) is 0 Å². The number of hydrogen-bond acceptors (Lipinski definition) is 1. The van der Waals surface area contributed by atoms with E-state index in [2.05, 4.69) is 31.4 Å². The number of allylic oxidation sites excluding steroid dienone is 1. The third-order valence-electron chi connectivity index (χ3n) is 1.27. The molecule has 0 aromatic carbocycles. The zero-order chi connectivity index (χ0) is 8.53. The molecule has 0 radical (unpaired) electrons. The Morgan fingerprint density at radius 1 is 1.45 bits per heavy atom. The predicted octanol–water partition coefficient (Wildman–Crippen LogP) is 2.51. The maximum absolute atomic E-state index is 4.98. The Hall–Kier alpha value is -0.503. The molecular formula is C9H18OSi. The third-order valence-corrected chi connectivity index (χ3v) is 2.31. The molecule has 0 atom stereocenters. The van der Waals surface area contributed by atoms with Gasteiger partial charge in [-0.3, -0.25) is 0 Å². The summed E-state index contributed by atoms with van der Waals surface area (Å²) in [5.74, 6) is 0. The molecule has 0 amide bonds. The van der Waals surface area contributed by atoms with Crippen LogP contribution < -0.4 is 0 Å². The Labute approximate surface area is 71.4 Å². The van der Waals surface area contributed by atoms with E-state index < -0.39 is 8.80 Å². The van der Waals surface area contributed by atoms with Crippen LogP contribution in [0.5, 0.6) is 0 Å². The van der Waals surface area contributed by atoms with Crippen molar-refractivity contribution in [3.8, 4) is 0 Å². The van der Waals surface area contributed by atoms with Crippen LogP contribution in [0.1, 0.15) is 12.8 Å². The zero-order valence-corrected chi connectivity index (χ0v) is 8.70. The van der Waals surface area contributed by atoms with Crippen LogP contribution in [0.4, 0.5) is 0 Å². The quantitative estimate of drug-likeness (QED) is 0.338. The Balaban J connectivity index is 3.07. The molecule has 0 saturated carbocycles. The van der Waals surface area contributed by atoms with E-state index in [1.54, 1.807) is 0 Å². The normalized spacial score (nSPS) is 10.8. The molecule has 0 aromatic rings. The predicted molar refractivity (Wildman–Crippen MR) is 53.4 cm³/mol. The van der Waals surface area contributed by atoms with Gasteiger partial charge < -0.3 is 4.74 Å². The fraction of sp³-hybridized carbons (Fsp3) is 0.556. The standard InChI is InChI=1S/C9H18OSi/c1-4-10-8-6-5-7-9-11(2)3/h4,7,9,11H,1,5-6,8H2,2-3H3. The molecule has 0 rings (SSSR count). The van der Waals surface area contributed by atoms with Crippen molar-refractivity contribution < 1.29 is 4.74 Å². The van der Waals surface area contributed by atoms with Gasteiger partial charge in [-0.05, 0) is 12.8 Å². The van der Waals surface area contributed by atoms with Gasteiger partial charge in [-0.15, -0.1) is 5.70 Å². The topological polar surface area (TPSA) is 9.23 Å². The summed E-state index contributed by atoms with van der Waals surface area (Å²) < 4.78 is 4.98. The molecule has 0 aromatic heterocycles. The van der Waals surface area contributed by atoms with Gasteiger partial charge in [0.25, 0.3) is 0 Å². The first-order valence-corrected chi connectivity index (χ1v) is 7.14. The SMILES string of the molecule is C=COCCCC=C[SiH](C)C. The largest absolute Gasteiger partial charge is 0.502 e. The lowest BCUT2D eigenvalue weighted by Gasteiger charge is -1.96. The summed E-state index contributed by atoms with van der Waals surface area (Å²) >= 11 is 0. The lowest BCUT2D eigenvalue weighted by molar-refractivity contribution is 0.247. The molecule has 0 aliphatic rings. The number of unbranched alkanes of at least 4 members (excludes halogenated alkanes) is 1. The summed E-state index contributed by atoms with van der Waals surface area (Å²) in [4.78, 5) is 0. The summed E-state index contributed by atoms with van der Waals surface area (Å²) in [6.07, 6.45) is 6.01. The summed E-state index contributed by atoms with van der Waals surface area (Å²) in [5.41, 5.74) is 2.36. The van der Waals surface area contributed by atoms with Gasteiger partial charge >= 0.3 is 0 Å². The van der Waals surface area contributed by atoms with Gasteiger partial charge in [-0.2, -0.15) is 0 Å². The third kappa shape index (κ3) is 9.50. The number of hydrogen-bond donors (Lipinski definition) is 0. The first-order chi connectivity index (χ1) is 5.27. The van der Waals surface area contributed by atoms with Crippen LogP contribution >= 0.6 is 0 Å². The van der Waals surface area contributed by atoms with Gasteiger partial charge in [-0.1, -0.05) is 25.7 Å². The summed E-state index contributed by atoms with van der Waals surface area (Å²) in [6.45, 7) is 8.90. The van der Waals surface area contributed by atoms with Crippen LogP contribution in [0, 0.1) is 0 Å². The highest BCUT2D eigenvalue weighted by Gasteiger charge is 1.85. The lowest BCUT2D eigenvalue weighted by atomic mass is 10.3. The van der Waals surface area contributed by atoms with Gasteiger partial charge in [0, 0.05) is 0 Å². The van der Waals surface area contributed by atoms with Crippen LogP contribution in [-0.4, -0.2) is 15.4 Å². The van der Waals surface area contributed by atoms with Crippen LogP contribution in [0.15, 0.2) is 24.6 Å². The number of rotatable bonds is 6. The molecule has 0 saturated heterocycles. The molecule has 2 heteroatoms. The van der Waals surface area contributed by atoms with Crippen molar-refractivity contribution in [3.05, 3.63) is 24.6 Å². The Morgan fingerprint density at radius 3 is 2.73 bits per heavy atom. The van der Waals surface area contributed by atoms with Gasteiger partial charge in [-0.25, -0.2) is 0 Å². The molecular weight excluding hydrogens is 152 g/mol. The Bertz CT molecular complexity index is 119. The van der Waals surface area contributed by atoms with E-state index in [1.807, 2.05) is 0 Å². The van der Waals surface area contributed by atoms with Crippen LogP contribution in [0.25, 0.3) is 0 Å². The van der Waals surface area contributed by atoms with E-state index in [1.165, 1.54) is 6.26 Å². The van der Waals surface area contributed by atoms with Crippen LogP contribution in [0.2, 0.25) is 13.1 Å². The first kappa shape index (κ1) is 10.5. The lowest BCUT2D eigenvalue weighted by Crippen LogP contribution is -1.92. The molecule has 0 aliphatic carbocycles. The van der Waals surface area contributed by atoms with Crippen molar-refractivity contribution in [1.82, 2.24) is 0 Å². The van der Waals surface area contributed by atoms with Gasteiger partial charge in [0.1, 0.15) is 0 Å². The second-order valence-electron chi connectivity index (χ2n) is 2.85. The molecule has 0 bridgehead atoms. The van der Waals surface area contributed by atoms with E-state index in [4.69, 9.17) is 4.74 Å². The summed E-state index contributed by atoms with van der Waals surface area (Å²) in [6, 6.07) is 0. The number of ether oxygens (including phenoxy) is 1. The molecule has 0 fully saturated rings. The fourth-order valence-electron chi connectivity index (χ4n) is 0.736. The molecule has 1 nitrogen and oxygen atoms in total. The highest BCUT2D eigenvalue weighted by atomic mass is 28.3. The summed E-state index contributed by atoms with van der Waals surface area (Å²) in [5, 5.41) is 0.